The number of halogens is 2. The van der Waals surface area contributed by atoms with Crippen LogP contribution < -0.4 is 0 Å². The summed E-state index contributed by atoms with van der Waals surface area (Å²) in [4.78, 5) is 14.3. The second-order valence-electron chi connectivity index (χ2n) is 4.74. The largest absolute Gasteiger partial charge is 0.339 e. The molecule has 0 spiro atoms. The maximum atomic E-state index is 13.1. The minimum atomic E-state index is -0.356. The van der Waals surface area contributed by atoms with E-state index < -0.39 is 0 Å². The van der Waals surface area contributed by atoms with E-state index in [9.17, 15) is 9.18 Å². The summed E-state index contributed by atoms with van der Waals surface area (Å²) in [6, 6.07) is 14.2. The average Bonchev–Trinajstić information content (AvgIpc) is 2.48. The van der Waals surface area contributed by atoms with Crippen molar-refractivity contribution in [2.24, 2.45) is 0 Å². The Kier molecular flexibility index (Phi) is 5.51. The molecule has 0 heterocycles. The minimum Gasteiger partial charge on any atom is -0.339 e. The topological polar surface area (TPSA) is 20.3 Å². The van der Waals surface area contributed by atoms with E-state index in [-0.39, 0.29) is 11.7 Å². The molecule has 2 aromatic carbocycles. The van der Waals surface area contributed by atoms with Crippen LogP contribution in [0, 0.1) is 5.82 Å². The Bertz CT molecular complexity index is 615. The van der Waals surface area contributed by atoms with Crippen LogP contribution in [0.25, 0.3) is 0 Å². The fourth-order valence-corrected chi connectivity index (χ4v) is 2.67. The highest BCUT2D eigenvalue weighted by Crippen LogP contribution is 2.20. The maximum absolute atomic E-state index is 13.1. The standard InChI is InChI=1S/C17H17BrFNO/c1-2-20(11-10-13-6-4-3-5-7-13)17(21)15-9-8-14(19)12-16(15)18/h3-9,12H,2,10-11H2,1H3. The van der Waals surface area contributed by atoms with E-state index in [0.29, 0.717) is 23.1 Å². The number of rotatable bonds is 5. The number of amides is 1. The van der Waals surface area contributed by atoms with Crippen LogP contribution in [-0.4, -0.2) is 23.9 Å². The number of benzene rings is 2. The van der Waals surface area contributed by atoms with Gasteiger partial charge >= 0.3 is 0 Å². The van der Waals surface area contributed by atoms with Gasteiger partial charge in [-0.1, -0.05) is 30.3 Å². The van der Waals surface area contributed by atoms with Crippen molar-refractivity contribution in [2.75, 3.05) is 13.1 Å². The van der Waals surface area contributed by atoms with E-state index >= 15 is 0 Å². The van der Waals surface area contributed by atoms with Gasteiger partial charge in [0.25, 0.3) is 5.91 Å². The van der Waals surface area contributed by atoms with Gasteiger partial charge in [-0.25, -0.2) is 4.39 Å². The van der Waals surface area contributed by atoms with Gasteiger partial charge in [0.2, 0.25) is 0 Å². The molecule has 0 saturated heterocycles. The normalized spacial score (nSPS) is 10.4. The smallest absolute Gasteiger partial charge is 0.255 e. The third-order valence-corrected chi connectivity index (χ3v) is 4.00. The van der Waals surface area contributed by atoms with Crippen LogP contribution in [0.3, 0.4) is 0 Å². The van der Waals surface area contributed by atoms with Crippen molar-refractivity contribution in [2.45, 2.75) is 13.3 Å². The molecule has 4 heteroatoms. The third-order valence-electron chi connectivity index (χ3n) is 3.34. The molecule has 2 nitrogen and oxygen atoms in total. The van der Waals surface area contributed by atoms with Crippen LogP contribution in [0.2, 0.25) is 0 Å². The summed E-state index contributed by atoms with van der Waals surface area (Å²) in [5.74, 6) is -0.439. The summed E-state index contributed by atoms with van der Waals surface area (Å²) >= 11 is 3.25. The molecule has 0 radical (unpaired) electrons. The van der Waals surface area contributed by atoms with E-state index in [1.165, 1.54) is 23.8 Å². The van der Waals surface area contributed by atoms with Crippen LogP contribution in [-0.2, 0) is 6.42 Å². The highest BCUT2D eigenvalue weighted by atomic mass is 79.9. The molecule has 0 saturated carbocycles. The highest BCUT2D eigenvalue weighted by Gasteiger charge is 2.17. The zero-order chi connectivity index (χ0) is 15.2. The number of carbonyl (C=O) groups is 1. The van der Waals surface area contributed by atoms with E-state index in [1.807, 2.05) is 37.3 Å². The lowest BCUT2D eigenvalue weighted by atomic mass is 10.1. The first-order valence-corrected chi connectivity index (χ1v) is 7.69. The van der Waals surface area contributed by atoms with Crippen molar-refractivity contribution in [3.05, 3.63) is 69.9 Å². The van der Waals surface area contributed by atoms with Crippen LogP contribution in [0.5, 0.6) is 0 Å². The molecule has 0 atom stereocenters. The van der Waals surface area contributed by atoms with Gasteiger partial charge < -0.3 is 4.90 Å². The lowest BCUT2D eigenvalue weighted by Gasteiger charge is -2.21. The first kappa shape index (κ1) is 15.7. The van der Waals surface area contributed by atoms with Crippen molar-refractivity contribution in [3.8, 4) is 0 Å². The quantitative estimate of drug-likeness (QED) is 0.788. The van der Waals surface area contributed by atoms with Crippen molar-refractivity contribution in [3.63, 3.8) is 0 Å². The Hall–Kier alpha value is -1.68. The predicted octanol–water partition coefficient (Wildman–Crippen LogP) is 4.29. The fraction of sp³-hybridized carbons (Fsp3) is 0.235. The van der Waals surface area contributed by atoms with Gasteiger partial charge in [-0.3, -0.25) is 4.79 Å². The van der Waals surface area contributed by atoms with Crippen molar-refractivity contribution >= 4 is 21.8 Å². The van der Waals surface area contributed by atoms with E-state index in [0.717, 1.165) is 6.42 Å². The fourth-order valence-electron chi connectivity index (χ4n) is 2.15. The Morgan fingerprint density at radius 2 is 1.90 bits per heavy atom. The van der Waals surface area contributed by atoms with Crippen molar-refractivity contribution < 1.29 is 9.18 Å². The van der Waals surface area contributed by atoms with Crippen LogP contribution >= 0.6 is 15.9 Å². The highest BCUT2D eigenvalue weighted by molar-refractivity contribution is 9.10. The molecule has 0 aliphatic carbocycles. The summed E-state index contributed by atoms with van der Waals surface area (Å²) in [5.41, 5.74) is 1.69. The summed E-state index contributed by atoms with van der Waals surface area (Å²) in [7, 11) is 0. The molecular formula is C17H17BrFNO. The molecule has 110 valence electrons. The molecule has 0 fully saturated rings. The van der Waals surface area contributed by atoms with Gasteiger partial charge in [0.1, 0.15) is 5.82 Å². The van der Waals surface area contributed by atoms with Crippen LogP contribution in [0.15, 0.2) is 53.0 Å². The summed E-state index contributed by atoms with van der Waals surface area (Å²) in [6.45, 7) is 3.21. The lowest BCUT2D eigenvalue weighted by molar-refractivity contribution is 0.0765. The molecule has 21 heavy (non-hydrogen) atoms. The number of hydrogen-bond donors (Lipinski definition) is 0. The SMILES string of the molecule is CCN(CCc1ccccc1)C(=O)c1ccc(F)cc1Br. The predicted molar refractivity (Wildman–Crippen MR) is 85.8 cm³/mol. The Morgan fingerprint density at radius 1 is 1.19 bits per heavy atom. The van der Waals surface area contributed by atoms with E-state index in [1.54, 1.807) is 4.90 Å². The maximum Gasteiger partial charge on any atom is 0.255 e. The molecule has 2 aromatic rings. The zero-order valence-electron chi connectivity index (χ0n) is 11.9. The van der Waals surface area contributed by atoms with Gasteiger partial charge in [0, 0.05) is 17.6 Å². The molecule has 0 aliphatic heterocycles. The molecule has 0 N–H and O–H groups in total. The van der Waals surface area contributed by atoms with Crippen molar-refractivity contribution in [1.29, 1.82) is 0 Å². The Balaban J connectivity index is 2.08. The minimum absolute atomic E-state index is 0.0830. The zero-order valence-corrected chi connectivity index (χ0v) is 13.4. The van der Waals surface area contributed by atoms with E-state index in [4.69, 9.17) is 0 Å². The molecule has 0 aromatic heterocycles. The number of hydrogen-bond acceptors (Lipinski definition) is 1. The molecule has 0 aliphatic rings. The van der Waals surface area contributed by atoms with E-state index in [2.05, 4.69) is 15.9 Å². The van der Waals surface area contributed by atoms with Crippen LogP contribution in [0.4, 0.5) is 4.39 Å². The monoisotopic (exact) mass is 349 g/mol. The van der Waals surface area contributed by atoms with Crippen molar-refractivity contribution in [1.82, 2.24) is 4.90 Å². The molecule has 0 bridgehead atoms. The number of nitrogens with zero attached hydrogens (tertiary/aromatic N) is 1. The first-order chi connectivity index (χ1) is 10.1. The molecule has 0 unspecified atom stereocenters. The first-order valence-electron chi connectivity index (χ1n) is 6.90. The summed E-state index contributed by atoms with van der Waals surface area (Å²) in [5, 5.41) is 0. The van der Waals surface area contributed by atoms with Crippen LogP contribution in [0.1, 0.15) is 22.8 Å². The number of likely N-dealkylation sites (N-methyl/N-ethyl adjacent to an activating group) is 1. The van der Waals surface area contributed by atoms with Gasteiger partial charge in [-0.15, -0.1) is 0 Å². The molecular weight excluding hydrogens is 333 g/mol. The molecule has 2 rings (SSSR count). The summed E-state index contributed by atoms with van der Waals surface area (Å²) < 4.78 is 13.6. The third kappa shape index (κ3) is 4.14. The average molecular weight is 350 g/mol. The second kappa shape index (κ2) is 7.36. The Morgan fingerprint density at radius 3 is 2.52 bits per heavy atom. The van der Waals surface area contributed by atoms with Gasteiger partial charge in [-0.2, -0.15) is 0 Å². The van der Waals surface area contributed by atoms with Gasteiger partial charge in [0.05, 0.1) is 5.56 Å². The second-order valence-corrected chi connectivity index (χ2v) is 5.60. The molecule has 1 amide bonds. The van der Waals surface area contributed by atoms with Gasteiger partial charge in [-0.05, 0) is 53.0 Å². The summed E-state index contributed by atoms with van der Waals surface area (Å²) in [6.07, 6.45) is 0.805. The Labute approximate surface area is 132 Å². The number of carbonyl (C=O) groups excluding carboxylic acids is 1. The van der Waals surface area contributed by atoms with Gasteiger partial charge in [0.15, 0.2) is 0 Å². The lowest BCUT2D eigenvalue weighted by Crippen LogP contribution is -2.33.